The van der Waals surface area contributed by atoms with Gasteiger partial charge < -0.3 is 0 Å². The molecule has 0 bridgehead atoms. The highest BCUT2D eigenvalue weighted by molar-refractivity contribution is 9.10. The molecule has 0 spiro atoms. The number of carbonyl (C=O) groups excluding carboxylic acids is 1. The molecule has 2 heterocycles. The van der Waals surface area contributed by atoms with Gasteiger partial charge in [-0.3, -0.25) is 15.1 Å². The van der Waals surface area contributed by atoms with Crippen molar-refractivity contribution in [2.24, 2.45) is 0 Å². The lowest BCUT2D eigenvalue weighted by Crippen LogP contribution is -2.13. The van der Waals surface area contributed by atoms with E-state index in [1.165, 1.54) is 29.5 Å². The van der Waals surface area contributed by atoms with Crippen LogP contribution < -0.4 is 5.32 Å². The lowest BCUT2D eigenvalue weighted by Gasteiger charge is -2.03. The number of halogens is 2. The highest BCUT2D eigenvalue weighted by Crippen LogP contribution is 2.25. The molecule has 22 heavy (non-hydrogen) atoms. The van der Waals surface area contributed by atoms with Crippen molar-refractivity contribution in [2.45, 2.75) is 0 Å². The molecule has 0 aliphatic rings. The number of nitrogens with zero attached hydrogens (tertiary/aromatic N) is 2. The summed E-state index contributed by atoms with van der Waals surface area (Å²) in [6.45, 7) is 0. The highest BCUT2D eigenvalue weighted by atomic mass is 79.9. The molecule has 0 atom stereocenters. The van der Waals surface area contributed by atoms with Gasteiger partial charge in [0.25, 0.3) is 5.91 Å². The fraction of sp³-hybridized carbons (Fsp3) is 0. The second-order valence-corrected chi connectivity index (χ2v) is 6.13. The predicted molar refractivity (Wildman–Crippen MR) is 87.4 cm³/mol. The number of nitrogens with one attached hydrogen (secondary N) is 1. The first kappa shape index (κ1) is 14.8. The molecule has 0 radical (unpaired) electrons. The predicted octanol–water partition coefficient (Wildman–Crippen LogP) is 4.36. The molecule has 1 amide bonds. The summed E-state index contributed by atoms with van der Waals surface area (Å²) in [7, 11) is 0. The van der Waals surface area contributed by atoms with Gasteiger partial charge in [0.05, 0.1) is 11.3 Å². The van der Waals surface area contributed by atoms with Crippen molar-refractivity contribution in [3.8, 4) is 11.3 Å². The third kappa shape index (κ3) is 3.20. The molecule has 0 saturated carbocycles. The Morgan fingerprint density at radius 1 is 1.32 bits per heavy atom. The Morgan fingerprint density at radius 3 is 2.95 bits per heavy atom. The zero-order valence-electron chi connectivity index (χ0n) is 11.1. The number of benzene rings is 1. The zero-order valence-corrected chi connectivity index (χ0v) is 13.5. The molecule has 0 unspecified atom stereocenters. The van der Waals surface area contributed by atoms with Crippen molar-refractivity contribution in [3.63, 3.8) is 0 Å². The van der Waals surface area contributed by atoms with E-state index in [1.807, 2.05) is 17.5 Å². The van der Waals surface area contributed by atoms with Crippen LogP contribution in [0.2, 0.25) is 0 Å². The Labute approximate surface area is 138 Å². The summed E-state index contributed by atoms with van der Waals surface area (Å²) >= 11 is 4.49. The van der Waals surface area contributed by atoms with Crippen LogP contribution in [0.25, 0.3) is 11.3 Å². The van der Waals surface area contributed by atoms with Crippen LogP contribution in [-0.2, 0) is 0 Å². The van der Waals surface area contributed by atoms with E-state index in [2.05, 4.69) is 31.2 Å². The van der Waals surface area contributed by atoms with Gasteiger partial charge >= 0.3 is 0 Å². The smallest absolute Gasteiger partial charge is 0.260 e. The van der Waals surface area contributed by atoms with Crippen LogP contribution in [0.4, 0.5) is 9.52 Å². The van der Waals surface area contributed by atoms with Gasteiger partial charge in [0.15, 0.2) is 5.13 Å². The number of anilines is 1. The van der Waals surface area contributed by atoms with Crippen LogP contribution >= 0.6 is 27.3 Å². The van der Waals surface area contributed by atoms with Crippen LogP contribution in [0.5, 0.6) is 0 Å². The Hall–Kier alpha value is -2.12. The van der Waals surface area contributed by atoms with E-state index < -0.39 is 11.7 Å². The zero-order chi connectivity index (χ0) is 15.5. The van der Waals surface area contributed by atoms with Crippen LogP contribution in [0.15, 0.2) is 52.6 Å². The van der Waals surface area contributed by atoms with Gasteiger partial charge in [-0.1, -0.05) is 15.9 Å². The SMILES string of the molecule is O=C(Nc1nc(-c2cccnc2)cs1)c1cc(Br)ccc1F. The van der Waals surface area contributed by atoms with Crippen molar-refractivity contribution in [1.82, 2.24) is 9.97 Å². The van der Waals surface area contributed by atoms with Crippen molar-refractivity contribution in [2.75, 3.05) is 5.32 Å². The van der Waals surface area contributed by atoms with E-state index in [4.69, 9.17) is 0 Å². The first-order chi connectivity index (χ1) is 10.6. The van der Waals surface area contributed by atoms with E-state index in [9.17, 15) is 9.18 Å². The molecular weight excluding hydrogens is 369 g/mol. The number of carbonyl (C=O) groups is 1. The average Bonchev–Trinajstić information content (AvgIpc) is 2.99. The number of hydrogen-bond acceptors (Lipinski definition) is 4. The van der Waals surface area contributed by atoms with Gasteiger partial charge in [0, 0.05) is 27.8 Å². The van der Waals surface area contributed by atoms with Crippen molar-refractivity contribution < 1.29 is 9.18 Å². The summed E-state index contributed by atoms with van der Waals surface area (Å²) in [5.74, 6) is -1.12. The fourth-order valence-corrected chi connectivity index (χ4v) is 2.89. The van der Waals surface area contributed by atoms with Crippen molar-refractivity contribution >= 4 is 38.3 Å². The molecule has 3 rings (SSSR count). The van der Waals surface area contributed by atoms with E-state index in [0.29, 0.717) is 15.3 Å². The van der Waals surface area contributed by atoms with Gasteiger partial charge in [0.1, 0.15) is 5.82 Å². The first-order valence-corrected chi connectivity index (χ1v) is 7.93. The minimum atomic E-state index is -0.579. The highest BCUT2D eigenvalue weighted by Gasteiger charge is 2.14. The normalized spacial score (nSPS) is 10.5. The summed E-state index contributed by atoms with van der Waals surface area (Å²) in [6.07, 6.45) is 3.36. The minimum Gasteiger partial charge on any atom is -0.298 e. The lowest BCUT2D eigenvalue weighted by atomic mass is 10.2. The second kappa shape index (κ2) is 6.33. The lowest BCUT2D eigenvalue weighted by molar-refractivity contribution is 0.102. The maximum Gasteiger partial charge on any atom is 0.260 e. The van der Waals surface area contributed by atoms with Gasteiger partial charge in [-0.25, -0.2) is 9.37 Å². The number of pyridine rings is 1. The van der Waals surface area contributed by atoms with E-state index in [0.717, 1.165) is 5.56 Å². The van der Waals surface area contributed by atoms with E-state index in [1.54, 1.807) is 12.4 Å². The van der Waals surface area contributed by atoms with Gasteiger partial charge in [-0.15, -0.1) is 11.3 Å². The average molecular weight is 378 g/mol. The van der Waals surface area contributed by atoms with Gasteiger partial charge in [-0.2, -0.15) is 0 Å². The summed E-state index contributed by atoms with van der Waals surface area (Å²) < 4.78 is 14.3. The number of amides is 1. The molecule has 0 fully saturated rings. The molecule has 0 saturated heterocycles. The number of thiazole rings is 1. The molecule has 1 aromatic carbocycles. The Bertz CT molecular complexity index is 823. The summed E-state index contributed by atoms with van der Waals surface area (Å²) in [5.41, 5.74) is 1.53. The maximum absolute atomic E-state index is 13.7. The molecule has 0 aliphatic heterocycles. The molecule has 2 aromatic heterocycles. The summed E-state index contributed by atoms with van der Waals surface area (Å²) in [6, 6.07) is 7.89. The van der Waals surface area contributed by atoms with Crippen molar-refractivity contribution in [1.29, 1.82) is 0 Å². The molecule has 1 N–H and O–H groups in total. The quantitative estimate of drug-likeness (QED) is 0.737. The molecular formula is C15H9BrFN3OS. The summed E-state index contributed by atoms with van der Waals surface area (Å²) in [5, 5.41) is 4.82. The molecule has 3 aromatic rings. The van der Waals surface area contributed by atoms with Crippen LogP contribution in [0.3, 0.4) is 0 Å². The van der Waals surface area contributed by atoms with Crippen LogP contribution in [0.1, 0.15) is 10.4 Å². The second-order valence-electron chi connectivity index (χ2n) is 4.36. The van der Waals surface area contributed by atoms with Gasteiger partial charge in [-0.05, 0) is 30.3 Å². The molecule has 110 valence electrons. The number of rotatable bonds is 3. The van der Waals surface area contributed by atoms with E-state index in [-0.39, 0.29) is 5.56 Å². The standard InChI is InChI=1S/C15H9BrFN3OS/c16-10-3-4-12(17)11(6-10)14(21)20-15-19-13(8-22-15)9-2-1-5-18-7-9/h1-8H,(H,19,20,21). The van der Waals surface area contributed by atoms with Crippen LogP contribution in [0, 0.1) is 5.82 Å². The number of hydrogen-bond donors (Lipinski definition) is 1. The topological polar surface area (TPSA) is 54.9 Å². The monoisotopic (exact) mass is 377 g/mol. The fourth-order valence-electron chi connectivity index (χ4n) is 1.81. The van der Waals surface area contributed by atoms with Crippen LogP contribution in [-0.4, -0.2) is 15.9 Å². The Balaban J connectivity index is 1.81. The first-order valence-electron chi connectivity index (χ1n) is 6.26. The minimum absolute atomic E-state index is 0.0347. The molecule has 4 nitrogen and oxygen atoms in total. The van der Waals surface area contributed by atoms with Crippen molar-refractivity contribution in [3.05, 3.63) is 64.0 Å². The third-order valence-corrected chi connectivity index (χ3v) is 4.11. The maximum atomic E-state index is 13.7. The summed E-state index contributed by atoms with van der Waals surface area (Å²) in [4.78, 5) is 20.4. The molecule has 7 heteroatoms. The Kier molecular flexibility index (Phi) is 4.26. The number of aromatic nitrogens is 2. The van der Waals surface area contributed by atoms with Gasteiger partial charge in [0.2, 0.25) is 0 Å². The third-order valence-electron chi connectivity index (χ3n) is 2.85. The largest absolute Gasteiger partial charge is 0.298 e. The molecule has 0 aliphatic carbocycles. The Morgan fingerprint density at radius 2 is 2.18 bits per heavy atom. The van der Waals surface area contributed by atoms with E-state index >= 15 is 0 Å².